The fraction of sp³-hybridized carbons (Fsp3) is 0.308. The Balaban J connectivity index is 1.89. The van der Waals surface area contributed by atoms with E-state index >= 15 is 0 Å². The first kappa shape index (κ1) is 26.1. The van der Waals surface area contributed by atoms with Gasteiger partial charge in [-0.15, -0.1) is 10.2 Å². The van der Waals surface area contributed by atoms with Crippen molar-refractivity contribution >= 4 is 35.3 Å². The van der Waals surface area contributed by atoms with Crippen LogP contribution in [-0.4, -0.2) is 38.8 Å². The molecule has 0 spiro atoms. The van der Waals surface area contributed by atoms with E-state index in [1.165, 1.54) is 49.6 Å². The molecule has 1 aliphatic heterocycles. The van der Waals surface area contributed by atoms with Gasteiger partial charge in [-0.3, -0.25) is 19.3 Å². The van der Waals surface area contributed by atoms with Crippen molar-refractivity contribution in [3.63, 3.8) is 0 Å². The summed E-state index contributed by atoms with van der Waals surface area (Å²) in [4.78, 5) is 42.5. The number of carbonyl (C=O) groups excluding carboxylic acids is 3. The maximum atomic E-state index is 13.0. The molecular formula is C26H26N4O6S. The number of hydrogen-bond donors (Lipinski definition) is 0. The molecule has 0 saturated carbocycles. The number of unbranched alkanes of at least 4 members (excludes halogenated alkanes) is 1. The van der Waals surface area contributed by atoms with Gasteiger partial charge in [0.1, 0.15) is 11.5 Å². The molecule has 37 heavy (non-hydrogen) atoms. The quantitative estimate of drug-likeness (QED) is 0.186. The largest absolute Gasteiger partial charge is 0.447 e. The Morgan fingerprint density at radius 3 is 2.49 bits per heavy atom. The standard InChI is InChI=1S/C26H26N4O6S/c1-5-6-13-37-26-27-24-23(28-29-26)19-9-7-8-10-21(19)30(15(2)31)25(36-24)20-12-11-18(34-16(3)32)14-22(20)35-17(4)33/h7-12,14,25H,5-6,13H2,1-4H3/t25-/m1/s1. The number of thioether (sulfide) groups is 1. The minimum Gasteiger partial charge on any atom is -0.447 e. The summed E-state index contributed by atoms with van der Waals surface area (Å²) >= 11 is 1.47. The molecule has 0 aliphatic carbocycles. The molecule has 0 saturated heterocycles. The van der Waals surface area contributed by atoms with E-state index in [0.717, 1.165) is 18.6 Å². The molecule has 2 aromatic carbocycles. The normalized spacial score (nSPS) is 14.1. The van der Waals surface area contributed by atoms with Crippen molar-refractivity contribution < 1.29 is 28.6 Å². The summed E-state index contributed by atoms with van der Waals surface area (Å²) in [6.07, 6.45) is 0.953. The Morgan fingerprint density at radius 2 is 1.78 bits per heavy atom. The second kappa shape index (κ2) is 11.4. The number of aromatic nitrogens is 3. The molecule has 0 bridgehead atoms. The Morgan fingerprint density at radius 1 is 1.03 bits per heavy atom. The summed E-state index contributed by atoms with van der Waals surface area (Å²) in [6, 6.07) is 11.7. The highest BCUT2D eigenvalue weighted by molar-refractivity contribution is 7.99. The number of carbonyl (C=O) groups is 3. The molecule has 10 nitrogen and oxygen atoms in total. The summed E-state index contributed by atoms with van der Waals surface area (Å²) in [5, 5.41) is 9.12. The van der Waals surface area contributed by atoms with Gasteiger partial charge in [-0.25, -0.2) is 0 Å². The van der Waals surface area contributed by atoms with E-state index in [4.69, 9.17) is 14.2 Å². The zero-order valence-corrected chi connectivity index (χ0v) is 21.7. The first-order valence-corrected chi connectivity index (χ1v) is 12.7. The molecule has 4 rings (SSSR count). The van der Waals surface area contributed by atoms with Crippen LogP contribution in [-0.2, 0) is 14.4 Å². The fourth-order valence-electron chi connectivity index (χ4n) is 3.82. The van der Waals surface area contributed by atoms with Crippen LogP contribution in [0.4, 0.5) is 5.69 Å². The number of fused-ring (bicyclic) bond motifs is 3. The smallest absolute Gasteiger partial charge is 0.308 e. The molecule has 1 atom stereocenters. The molecule has 2 heterocycles. The van der Waals surface area contributed by atoms with Crippen molar-refractivity contribution in [2.75, 3.05) is 10.7 Å². The molecule has 0 fully saturated rings. The van der Waals surface area contributed by atoms with Crippen molar-refractivity contribution in [2.45, 2.75) is 51.9 Å². The van der Waals surface area contributed by atoms with Crippen molar-refractivity contribution in [1.82, 2.24) is 15.2 Å². The summed E-state index contributed by atoms with van der Waals surface area (Å²) in [5.41, 5.74) is 1.88. The molecule has 11 heteroatoms. The third-order valence-corrected chi connectivity index (χ3v) is 6.27. The van der Waals surface area contributed by atoms with Gasteiger partial charge in [0.2, 0.25) is 23.2 Å². The number of ether oxygens (including phenoxy) is 3. The van der Waals surface area contributed by atoms with Gasteiger partial charge in [0, 0.05) is 38.2 Å². The van der Waals surface area contributed by atoms with Gasteiger partial charge in [-0.2, -0.15) is 4.98 Å². The molecule has 1 aromatic heterocycles. The number of para-hydroxylation sites is 1. The number of rotatable bonds is 7. The number of nitrogens with zero attached hydrogens (tertiary/aromatic N) is 4. The van der Waals surface area contributed by atoms with Gasteiger partial charge in [-0.05, 0) is 24.6 Å². The average Bonchev–Trinajstić information content (AvgIpc) is 2.98. The zero-order valence-electron chi connectivity index (χ0n) is 20.9. The SMILES string of the molecule is CCCCSc1nnc2c(n1)O[C@H](c1ccc(OC(C)=O)cc1OC(C)=O)N(C(C)=O)c1ccccc1-2. The van der Waals surface area contributed by atoms with E-state index in [9.17, 15) is 14.4 Å². The molecule has 0 radical (unpaired) electrons. The van der Waals surface area contributed by atoms with E-state index < -0.39 is 18.2 Å². The predicted molar refractivity (Wildman–Crippen MR) is 136 cm³/mol. The second-order valence-corrected chi connectivity index (χ2v) is 9.28. The molecule has 0 unspecified atom stereocenters. The summed E-state index contributed by atoms with van der Waals surface area (Å²) < 4.78 is 17.0. The topological polar surface area (TPSA) is 121 Å². The Kier molecular flexibility index (Phi) is 8.02. The lowest BCUT2D eigenvalue weighted by Gasteiger charge is -2.30. The van der Waals surface area contributed by atoms with Crippen LogP contribution < -0.4 is 19.1 Å². The van der Waals surface area contributed by atoms with E-state index in [1.54, 1.807) is 18.2 Å². The molecular weight excluding hydrogens is 496 g/mol. The van der Waals surface area contributed by atoms with Crippen LogP contribution in [0.15, 0.2) is 47.6 Å². The number of hydrogen-bond acceptors (Lipinski definition) is 10. The first-order chi connectivity index (χ1) is 17.8. The number of amides is 1. The maximum Gasteiger partial charge on any atom is 0.308 e. The Hall–Kier alpha value is -3.99. The molecule has 3 aromatic rings. The lowest BCUT2D eigenvalue weighted by Crippen LogP contribution is -2.36. The maximum absolute atomic E-state index is 13.0. The predicted octanol–water partition coefficient (Wildman–Crippen LogP) is 4.73. The lowest BCUT2D eigenvalue weighted by molar-refractivity contribution is -0.132. The fourth-order valence-corrected chi connectivity index (χ4v) is 4.68. The second-order valence-electron chi connectivity index (χ2n) is 8.21. The van der Waals surface area contributed by atoms with E-state index in [2.05, 4.69) is 22.1 Å². The number of benzene rings is 2. The molecule has 1 aliphatic rings. The van der Waals surface area contributed by atoms with Gasteiger partial charge in [-0.1, -0.05) is 43.3 Å². The Bertz CT molecular complexity index is 1350. The summed E-state index contributed by atoms with van der Waals surface area (Å²) in [6.45, 7) is 6.03. The van der Waals surface area contributed by atoms with Gasteiger partial charge in [0.25, 0.3) is 0 Å². The highest BCUT2D eigenvalue weighted by Gasteiger charge is 2.36. The van der Waals surface area contributed by atoms with Crippen LogP contribution in [0.3, 0.4) is 0 Å². The van der Waals surface area contributed by atoms with Crippen LogP contribution in [0.1, 0.15) is 52.3 Å². The molecule has 192 valence electrons. The van der Waals surface area contributed by atoms with Gasteiger partial charge < -0.3 is 14.2 Å². The summed E-state index contributed by atoms with van der Waals surface area (Å²) in [7, 11) is 0. The van der Waals surface area contributed by atoms with Crippen molar-refractivity contribution in [2.24, 2.45) is 0 Å². The van der Waals surface area contributed by atoms with Crippen LogP contribution in [0.5, 0.6) is 17.4 Å². The van der Waals surface area contributed by atoms with Gasteiger partial charge in [0.15, 0.2) is 5.69 Å². The third kappa shape index (κ3) is 5.88. The van der Waals surface area contributed by atoms with Crippen molar-refractivity contribution in [1.29, 1.82) is 0 Å². The first-order valence-electron chi connectivity index (χ1n) is 11.7. The minimum atomic E-state index is -1.08. The Labute approximate surface area is 218 Å². The van der Waals surface area contributed by atoms with E-state index in [1.807, 2.05) is 12.1 Å². The van der Waals surface area contributed by atoms with Crippen molar-refractivity contribution in [3.05, 3.63) is 48.0 Å². The number of esters is 2. The minimum absolute atomic E-state index is 0.0722. The molecule has 0 N–H and O–H groups in total. The van der Waals surface area contributed by atoms with Gasteiger partial charge >= 0.3 is 11.9 Å². The van der Waals surface area contributed by atoms with E-state index in [-0.39, 0.29) is 23.3 Å². The van der Waals surface area contributed by atoms with Crippen molar-refractivity contribution in [3.8, 4) is 28.6 Å². The average molecular weight is 523 g/mol. The molecule has 1 amide bonds. The summed E-state index contributed by atoms with van der Waals surface area (Å²) in [5.74, 6) is -0.190. The highest BCUT2D eigenvalue weighted by atomic mass is 32.2. The van der Waals surface area contributed by atoms with Crippen LogP contribution in [0.25, 0.3) is 11.3 Å². The lowest BCUT2D eigenvalue weighted by atomic mass is 10.1. The third-order valence-electron chi connectivity index (χ3n) is 5.35. The van der Waals surface area contributed by atoms with Crippen LogP contribution in [0, 0.1) is 0 Å². The highest BCUT2D eigenvalue weighted by Crippen LogP contribution is 2.45. The van der Waals surface area contributed by atoms with E-state index in [0.29, 0.717) is 27.7 Å². The monoisotopic (exact) mass is 522 g/mol. The van der Waals surface area contributed by atoms with Crippen LogP contribution in [0.2, 0.25) is 0 Å². The van der Waals surface area contributed by atoms with Crippen LogP contribution >= 0.6 is 11.8 Å². The van der Waals surface area contributed by atoms with Gasteiger partial charge in [0.05, 0.1) is 11.3 Å². The zero-order chi connectivity index (χ0) is 26.5. The number of anilines is 1.